The van der Waals surface area contributed by atoms with Crippen molar-refractivity contribution in [1.29, 1.82) is 0 Å². The molecule has 0 aromatic carbocycles. The van der Waals surface area contributed by atoms with E-state index in [1.165, 1.54) is 0 Å². The number of ether oxygens (including phenoxy) is 1. The molecule has 0 spiro atoms. The van der Waals surface area contributed by atoms with E-state index in [1.54, 1.807) is 0 Å². The number of rotatable bonds is 5. The van der Waals surface area contributed by atoms with Crippen molar-refractivity contribution in [3.63, 3.8) is 0 Å². The van der Waals surface area contributed by atoms with Crippen molar-refractivity contribution >= 4 is 21.8 Å². The van der Waals surface area contributed by atoms with Gasteiger partial charge in [0.05, 0.1) is 0 Å². The minimum atomic E-state index is -0.573. The molecule has 4 heteroatoms. The van der Waals surface area contributed by atoms with Crippen LogP contribution in [0.1, 0.15) is 40.0 Å². The van der Waals surface area contributed by atoms with Gasteiger partial charge in [0.15, 0.2) is 0 Å². The fraction of sp³-hybridized carbons (Fsp3) is 0.917. The molecule has 1 heterocycles. The lowest BCUT2D eigenvalue weighted by Crippen LogP contribution is -2.50. The third-order valence-electron chi connectivity index (χ3n) is 3.09. The molecule has 1 fully saturated rings. The standard InChI is InChI=1S/C12H22BrNO2/c1-10(2)14(8-5-7-13)11(15)12(3)6-4-9-16-12/h10H,4-9H2,1-3H3. The normalized spacial score (nSPS) is 25.1. The van der Waals surface area contributed by atoms with Gasteiger partial charge in [-0.2, -0.15) is 0 Å². The first kappa shape index (κ1) is 14.0. The van der Waals surface area contributed by atoms with E-state index in [4.69, 9.17) is 4.74 Å². The Kier molecular flexibility index (Phi) is 5.25. The van der Waals surface area contributed by atoms with Gasteiger partial charge in [-0.25, -0.2) is 0 Å². The molecule has 0 N–H and O–H groups in total. The average Bonchev–Trinajstić information content (AvgIpc) is 2.66. The number of nitrogens with zero attached hydrogens (tertiary/aromatic N) is 1. The van der Waals surface area contributed by atoms with Gasteiger partial charge < -0.3 is 9.64 Å². The molecule has 1 unspecified atom stereocenters. The van der Waals surface area contributed by atoms with Crippen molar-refractivity contribution in [2.75, 3.05) is 18.5 Å². The summed E-state index contributed by atoms with van der Waals surface area (Å²) in [6.45, 7) is 7.56. The Morgan fingerprint density at radius 3 is 2.69 bits per heavy atom. The summed E-state index contributed by atoms with van der Waals surface area (Å²) in [5, 5.41) is 0.932. The largest absolute Gasteiger partial charge is 0.365 e. The van der Waals surface area contributed by atoms with Crippen LogP contribution in [-0.2, 0) is 9.53 Å². The molecular formula is C12H22BrNO2. The molecule has 1 atom stereocenters. The lowest BCUT2D eigenvalue weighted by Gasteiger charge is -2.33. The summed E-state index contributed by atoms with van der Waals surface area (Å²) in [7, 11) is 0. The average molecular weight is 292 g/mol. The summed E-state index contributed by atoms with van der Waals surface area (Å²) in [4.78, 5) is 14.3. The van der Waals surface area contributed by atoms with Crippen LogP contribution in [0.5, 0.6) is 0 Å². The van der Waals surface area contributed by atoms with Gasteiger partial charge in [0, 0.05) is 24.5 Å². The third kappa shape index (κ3) is 3.20. The zero-order valence-corrected chi connectivity index (χ0v) is 12.0. The second-order valence-electron chi connectivity index (χ2n) is 4.82. The Balaban J connectivity index is 2.66. The van der Waals surface area contributed by atoms with Crippen LogP contribution in [0.3, 0.4) is 0 Å². The molecule has 1 aliphatic heterocycles. The monoisotopic (exact) mass is 291 g/mol. The SMILES string of the molecule is CC(C)N(CCCBr)C(=O)C1(C)CCCO1. The lowest BCUT2D eigenvalue weighted by molar-refractivity contribution is -0.152. The van der Waals surface area contributed by atoms with Crippen LogP contribution in [0.4, 0.5) is 0 Å². The van der Waals surface area contributed by atoms with Gasteiger partial charge in [-0.05, 0) is 40.0 Å². The van der Waals surface area contributed by atoms with Gasteiger partial charge in [0.25, 0.3) is 5.91 Å². The minimum absolute atomic E-state index is 0.154. The Morgan fingerprint density at radius 2 is 2.25 bits per heavy atom. The van der Waals surface area contributed by atoms with Crippen LogP contribution in [0, 0.1) is 0 Å². The summed E-state index contributed by atoms with van der Waals surface area (Å²) in [6, 6.07) is 0.243. The van der Waals surface area contributed by atoms with Gasteiger partial charge in [0.1, 0.15) is 5.60 Å². The van der Waals surface area contributed by atoms with Crippen molar-refractivity contribution in [3.8, 4) is 0 Å². The Labute approximate surface area is 107 Å². The number of hydrogen-bond donors (Lipinski definition) is 0. The van der Waals surface area contributed by atoms with Crippen molar-refractivity contribution in [3.05, 3.63) is 0 Å². The van der Waals surface area contributed by atoms with Crippen LogP contribution >= 0.6 is 15.9 Å². The maximum atomic E-state index is 12.4. The highest BCUT2D eigenvalue weighted by molar-refractivity contribution is 9.09. The second kappa shape index (κ2) is 6.01. The quantitative estimate of drug-likeness (QED) is 0.729. The summed E-state index contributed by atoms with van der Waals surface area (Å²) in [6.07, 6.45) is 2.83. The molecule has 0 bridgehead atoms. The lowest BCUT2D eigenvalue weighted by atomic mass is 10.00. The Hall–Kier alpha value is -0.0900. The molecule has 0 radical (unpaired) electrons. The van der Waals surface area contributed by atoms with E-state index in [1.807, 2.05) is 11.8 Å². The minimum Gasteiger partial charge on any atom is -0.365 e. The maximum absolute atomic E-state index is 12.4. The number of carbonyl (C=O) groups excluding carboxylic acids is 1. The zero-order valence-electron chi connectivity index (χ0n) is 10.5. The molecule has 16 heavy (non-hydrogen) atoms. The topological polar surface area (TPSA) is 29.5 Å². The van der Waals surface area contributed by atoms with Crippen molar-refractivity contribution in [2.45, 2.75) is 51.7 Å². The predicted molar refractivity (Wildman–Crippen MR) is 68.9 cm³/mol. The summed E-state index contributed by atoms with van der Waals surface area (Å²) in [5.41, 5.74) is -0.573. The Bertz CT molecular complexity index is 237. The summed E-state index contributed by atoms with van der Waals surface area (Å²) < 4.78 is 5.61. The molecule has 0 aromatic heterocycles. The highest BCUT2D eigenvalue weighted by Gasteiger charge is 2.41. The van der Waals surface area contributed by atoms with Gasteiger partial charge in [0.2, 0.25) is 0 Å². The van der Waals surface area contributed by atoms with E-state index in [2.05, 4.69) is 29.8 Å². The fourth-order valence-electron chi connectivity index (χ4n) is 2.08. The van der Waals surface area contributed by atoms with E-state index in [0.29, 0.717) is 6.61 Å². The summed E-state index contributed by atoms with van der Waals surface area (Å²) in [5.74, 6) is 0.154. The molecule has 1 aliphatic rings. The molecule has 0 aromatic rings. The van der Waals surface area contributed by atoms with E-state index < -0.39 is 5.60 Å². The van der Waals surface area contributed by atoms with Crippen molar-refractivity contribution in [2.24, 2.45) is 0 Å². The highest BCUT2D eigenvalue weighted by atomic mass is 79.9. The van der Waals surface area contributed by atoms with E-state index >= 15 is 0 Å². The number of carbonyl (C=O) groups is 1. The van der Waals surface area contributed by atoms with E-state index in [0.717, 1.165) is 31.1 Å². The first-order chi connectivity index (χ1) is 7.51. The van der Waals surface area contributed by atoms with Gasteiger partial charge in [-0.15, -0.1) is 0 Å². The van der Waals surface area contributed by atoms with Gasteiger partial charge in [-0.1, -0.05) is 15.9 Å². The third-order valence-corrected chi connectivity index (χ3v) is 3.65. The Morgan fingerprint density at radius 1 is 1.56 bits per heavy atom. The number of halogens is 1. The number of hydrogen-bond acceptors (Lipinski definition) is 2. The van der Waals surface area contributed by atoms with Gasteiger partial charge in [-0.3, -0.25) is 4.79 Å². The van der Waals surface area contributed by atoms with Crippen molar-refractivity contribution in [1.82, 2.24) is 4.90 Å². The molecule has 1 rings (SSSR count). The molecule has 3 nitrogen and oxygen atoms in total. The number of alkyl halides is 1. The van der Waals surface area contributed by atoms with E-state index in [9.17, 15) is 4.79 Å². The van der Waals surface area contributed by atoms with Crippen LogP contribution in [0.25, 0.3) is 0 Å². The smallest absolute Gasteiger partial charge is 0.254 e. The zero-order chi connectivity index (χ0) is 12.2. The van der Waals surface area contributed by atoms with Crippen molar-refractivity contribution < 1.29 is 9.53 Å². The van der Waals surface area contributed by atoms with Crippen LogP contribution < -0.4 is 0 Å². The predicted octanol–water partition coefficient (Wildman–Crippen LogP) is 2.58. The molecule has 1 amide bonds. The highest BCUT2D eigenvalue weighted by Crippen LogP contribution is 2.28. The molecule has 1 saturated heterocycles. The molecule has 0 saturated carbocycles. The van der Waals surface area contributed by atoms with Crippen LogP contribution in [0.2, 0.25) is 0 Å². The van der Waals surface area contributed by atoms with Gasteiger partial charge >= 0.3 is 0 Å². The van der Waals surface area contributed by atoms with Crippen LogP contribution in [-0.4, -0.2) is 40.9 Å². The first-order valence-electron chi connectivity index (χ1n) is 6.02. The first-order valence-corrected chi connectivity index (χ1v) is 7.14. The molecule has 94 valence electrons. The summed E-state index contributed by atoms with van der Waals surface area (Å²) >= 11 is 3.40. The fourth-order valence-corrected chi connectivity index (χ4v) is 2.33. The van der Waals surface area contributed by atoms with Crippen LogP contribution in [0.15, 0.2) is 0 Å². The molecule has 0 aliphatic carbocycles. The second-order valence-corrected chi connectivity index (χ2v) is 5.61. The number of amides is 1. The van der Waals surface area contributed by atoms with E-state index in [-0.39, 0.29) is 11.9 Å². The molecular weight excluding hydrogens is 270 g/mol. The maximum Gasteiger partial charge on any atom is 0.254 e.